The molecule has 1 aromatic heterocycles. The lowest BCUT2D eigenvalue weighted by atomic mass is 10.0. The molecule has 4 nitrogen and oxygen atoms in total. The lowest BCUT2D eigenvalue weighted by Gasteiger charge is -2.27. The van der Waals surface area contributed by atoms with Gasteiger partial charge >= 0.3 is 0 Å². The third-order valence-corrected chi connectivity index (χ3v) is 3.58. The quantitative estimate of drug-likeness (QED) is 0.809. The van der Waals surface area contributed by atoms with E-state index in [0.717, 1.165) is 18.8 Å². The fourth-order valence-corrected chi connectivity index (χ4v) is 2.65. The van der Waals surface area contributed by atoms with Gasteiger partial charge in [0.1, 0.15) is 11.9 Å². The second-order valence-corrected chi connectivity index (χ2v) is 5.03. The molecule has 114 valence electrons. The van der Waals surface area contributed by atoms with Gasteiger partial charge < -0.3 is 14.6 Å². The summed E-state index contributed by atoms with van der Waals surface area (Å²) in [6, 6.07) is 10.4. The van der Waals surface area contributed by atoms with Crippen molar-refractivity contribution >= 4 is 0 Å². The van der Waals surface area contributed by atoms with E-state index < -0.39 is 0 Å². The number of likely N-dealkylation sites (N-methyl/N-ethyl adjacent to an activating group) is 1. The monoisotopic (exact) mass is 287 g/mol. The van der Waals surface area contributed by atoms with Gasteiger partial charge in [0.15, 0.2) is 0 Å². The zero-order valence-corrected chi connectivity index (χ0v) is 13.1. The van der Waals surface area contributed by atoms with Crippen molar-refractivity contribution in [3.05, 3.63) is 54.1 Å². The molecule has 0 aliphatic heterocycles. The van der Waals surface area contributed by atoms with Crippen molar-refractivity contribution in [2.75, 3.05) is 13.7 Å². The Morgan fingerprint density at radius 3 is 2.62 bits per heavy atom. The molecule has 2 unspecified atom stereocenters. The summed E-state index contributed by atoms with van der Waals surface area (Å²) < 4.78 is 8.23. The summed E-state index contributed by atoms with van der Waals surface area (Å²) in [5, 5.41) is 3.38. The van der Waals surface area contributed by atoms with Gasteiger partial charge in [0.2, 0.25) is 0 Å². The largest absolute Gasteiger partial charge is 0.372 e. The first-order valence-corrected chi connectivity index (χ1v) is 7.66. The summed E-state index contributed by atoms with van der Waals surface area (Å²) in [5.41, 5.74) is 1.17. The summed E-state index contributed by atoms with van der Waals surface area (Å²) in [5.74, 6) is 1.03. The number of aryl methyl sites for hydroxylation is 1. The van der Waals surface area contributed by atoms with E-state index in [9.17, 15) is 0 Å². The number of nitrogens with one attached hydrogen (secondary N) is 1. The molecule has 0 bridgehead atoms. The van der Waals surface area contributed by atoms with Crippen LogP contribution >= 0.6 is 0 Å². The summed E-state index contributed by atoms with van der Waals surface area (Å²) in [6.07, 6.45) is 4.95. The normalized spacial score (nSPS) is 14.0. The summed E-state index contributed by atoms with van der Waals surface area (Å²) >= 11 is 0. The van der Waals surface area contributed by atoms with Crippen molar-refractivity contribution in [2.24, 2.45) is 0 Å². The van der Waals surface area contributed by atoms with Crippen LogP contribution in [0.15, 0.2) is 42.7 Å². The van der Waals surface area contributed by atoms with Crippen LogP contribution in [-0.2, 0) is 11.3 Å². The molecule has 21 heavy (non-hydrogen) atoms. The van der Waals surface area contributed by atoms with Crippen LogP contribution < -0.4 is 5.32 Å². The molecule has 2 rings (SSSR count). The van der Waals surface area contributed by atoms with Crippen molar-refractivity contribution in [1.29, 1.82) is 0 Å². The molecule has 0 fully saturated rings. The molecule has 2 aromatic rings. The maximum absolute atomic E-state index is 6.02. The van der Waals surface area contributed by atoms with Gasteiger partial charge in [-0.25, -0.2) is 4.98 Å². The number of rotatable bonds is 8. The maximum Gasteiger partial charge on any atom is 0.128 e. The van der Waals surface area contributed by atoms with Gasteiger partial charge in [-0.3, -0.25) is 0 Å². The van der Waals surface area contributed by atoms with Gasteiger partial charge in [-0.1, -0.05) is 37.3 Å². The number of imidazole rings is 1. The highest BCUT2D eigenvalue weighted by Gasteiger charge is 2.27. The Morgan fingerprint density at radius 2 is 2.00 bits per heavy atom. The summed E-state index contributed by atoms with van der Waals surface area (Å²) in [4.78, 5) is 4.56. The van der Waals surface area contributed by atoms with Crippen LogP contribution in [-0.4, -0.2) is 23.2 Å². The van der Waals surface area contributed by atoms with Crippen LogP contribution in [0.1, 0.15) is 43.8 Å². The smallest absolute Gasteiger partial charge is 0.128 e. The van der Waals surface area contributed by atoms with Crippen molar-refractivity contribution in [3.63, 3.8) is 0 Å². The molecule has 1 N–H and O–H groups in total. The van der Waals surface area contributed by atoms with E-state index in [0.29, 0.717) is 6.61 Å². The van der Waals surface area contributed by atoms with Gasteiger partial charge in [-0.15, -0.1) is 0 Å². The van der Waals surface area contributed by atoms with E-state index >= 15 is 0 Å². The molecule has 0 aliphatic carbocycles. The van der Waals surface area contributed by atoms with Crippen LogP contribution in [0.4, 0.5) is 0 Å². The van der Waals surface area contributed by atoms with Crippen LogP contribution in [0.25, 0.3) is 0 Å². The predicted molar refractivity (Wildman–Crippen MR) is 85.1 cm³/mol. The first-order valence-electron chi connectivity index (χ1n) is 7.66. The standard InChI is InChI=1S/C17H25N3O/c1-4-12-20-13-11-19-17(20)15(18-3)16(21-5-2)14-9-7-6-8-10-14/h6-11,13,15-16,18H,4-5,12H2,1-3H3. The summed E-state index contributed by atoms with van der Waals surface area (Å²) in [7, 11) is 1.96. The predicted octanol–water partition coefficient (Wildman–Crippen LogP) is 3.33. The zero-order chi connectivity index (χ0) is 15.1. The lowest BCUT2D eigenvalue weighted by molar-refractivity contribution is 0.0315. The van der Waals surface area contributed by atoms with Gasteiger partial charge in [0.25, 0.3) is 0 Å². The lowest BCUT2D eigenvalue weighted by Crippen LogP contribution is -2.28. The molecule has 4 heteroatoms. The first kappa shape index (κ1) is 15.7. The molecular formula is C17H25N3O. The number of nitrogens with zero attached hydrogens (tertiary/aromatic N) is 2. The average Bonchev–Trinajstić information content (AvgIpc) is 2.97. The number of hydrogen-bond acceptors (Lipinski definition) is 3. The van der Waals surface area contributed by atoms with Crippen molar-refractivity contribution in [3.8, 4) is 0 Å². The van der Waals surface area contributed by atoms with E-state index in [2.05, 4.69) is 33.9 Å². The highest BCUT2D eigenvalue weighted by Crippen LogP contribution is 2.31. The second-order valence-electron chi connectivity index (χ2n) is 5.03. The Hall–Kier alpha value is -1.65. The molecule has 2 atom stereocenters. The average molecular weight is 287 g/mol. The third kappa shape index (κ3) is 3.71. The van der Waals surface area contributed by atoms with Crippen LogP contribution in [0.2, 0.25) is 0 Å². The first-order chi connectivity index (χ1) is 10.3. The number of aromatic nitrogens is 2. The van der Waals surface area contributed by atoms with E-state index in [1.54, 1.807) is 0 Å². The van der Waals surface area contributed by atoms with Crippen molar-refractivity contribution < 1.29 is 4.74 Å². The van der Waals surface area contributed by atoms with Crippen LogP contribution in [0.3, 0.4) is 0 Å². The minimum atomic E-state index is -0.0424. The number of benzene rings is 1. The SMILES string of the molecule is CCCn1ccnc1C(NC)C(OCC)c1ccccc1. The molecule has 0 aliphatic rings. The van der Waals surface area contributed by atoms with Crippen LogP contribution in [0.5, 0.6) is 0 Å². The van der Waals surface area contributed by atoms with Crippen LogP contribution in [0, 0.1) is 0 Å². The van der Waals surface area contributed by atoms with Crippen molar-refractivity contribution in [2.45, 2.75) is 39.0 Å². The van der Waals surface area contributed by atoms with E-state index in [1.165, 1.54) is 5.56 Å². The van der Waals surface area contributed by atoms with Gasteiger partial charge in [-0.05, 0) is 26.0 Å². The highest BCUT2D eigenvalue weighted by molar-refractivity contribution is 5.21. The molecule has 0 radical (unpaired) electrons. The molecule has 0 amide bonds. The Bertz CT molecular complexity index is 524. The Morgan fingerprint density at radius 1 is 1.24 bits per heavy atom. The number of hydrogen-bond donors (Lipinski definition) is 1. The molecule has 1 heterocycles. The maximum atomic E-state index is 6.02. The Kier molecular flexibility index (Phi) is 5.96. The molecule has 0 spiro atoms. The summed E-state index contributed by atoms with van der Waals surface area (Å²) in [6.45, 7) is 5.85. The highest BCUT2D eigenvalue weighted by atomic mass is 16.5. The van der Waals surface area contributed by atoms with Gasteiger partial charge in [0, 0.05) is 25.5 Å². The van der Waals surface area contributed by atoms with Gasteiger partial charge in [0.05, 0.1) is 6.04 Å². The number of ether oxygens (including phenoxy) is 1. The molecular weight excluding hydrogens is 262 g/mol. The van der Waals surface area contributed by atoms with E-state index in [1.807, 2.05) is 44.6 Å². The zero-order valence-electron chi connectivity index (χ0n) is 13.1. The topological polar surface area (TPSA) is 39.1 Å². The second kappa shape index (κ2) is 7.96. The minimum Gasteiger partial charge on any atom is -0.372 e. The van der Waals surface area contributed by atoms with E-state index in [4.69, 9.17) is 4.74 Å². The Labute approximate surface area is 127 Å². The van der Waals surface area contributed by atoms with Gasteiger partial charge in [-0.2, -0.15) is 0 Å². The molecule has 1 aromatic carbocycles. The molecule has 0 saturated heterocycles. The minimum absolute atomic E-state index is 0.0360. The third-order valence-electron chi connectivity index (χ3n) is 3.58. The molecule has 0 saturated carbocycles. The van der Waals surface area contributed by atoms with Crippen molar-refractivity contribution in [1.82, 2.24) is 14.9 Å². The fraction of sp³-hybridized carbons (Fsp3) is 0.471. The van der Waals surface area contributed by atoms with E-state index in [-0.39, 0.29) is 12.1 Å². The fourth-order valence-electron chi connectivity index (χ4n) is 2.65. The Balaban J connectivity index is 2.33.